The average Bonchev–Trinajstić information content (AvgIpc) is 2.67. The smallest absolute Gasteiger partial charge is 0.270 e. The summed E-state index contributed by atoms with van der Waals surface area (Å²) < 4.78 is 13.6. The van der Waals surface area contributed by atoms with Crippen LogP contribution in [0.1, 0.15) is 29.6 Å². The Bertz CT molecular complexity index is 514. The van der Waals surface area contributed by atoms with Crippen molar-refractivity contribution in [3.05, 3.63) is 39.7 Å². The van der Waals surface area contributed by atoms with Crippen LogP contribution in [0.5, 0.6) is 0 Å². The predicted octanol–water partition coefficient (Wildman–Crippen LogP) is 1.61. The lowest BCUT2D eigenvalue weighted by molar-refractivity contribution is -0.384. The van der Waals surface area contributed by atoms with Crippen LogP contribution in [0, 0.1) is 15.9 Å². The highest BCUT2D eigenvalue weighted by molar-refractivity contribution is 5.95. The van der Waals surface area contributed by atoms with Gasteiger partial charge in [-0.05, 0) is 38.4 Å². The Morgan fingerprint density at radius 3 is 2.95 bits per heavy atom. The van der Waals surface area contributed by atoms with Gasteiger partial charge in [0.05, 0.1) is 10.5 Å². The Morgan fingerprint density at radius 1 is 1.40 bits per heavy atom. The Kier molecular flexibility index (Phi) is 4.62. The van der Waals surface area contributed by atoms with Gasteiger partial charge in [-0.2, -0.15) is 0 Å². The fourth-order valence-electron chi connectivity index (χ4n) is 2.23. The van der Waals surface area contributed by atoms with E-state index < -0.39 is 16.6 Å². The summed E-state index contributed by atoms with van der Waals surface area (Å²) in [4.78, 5) is 22.0. The minimum Gasteiger partial charge on any atom is -0.349 e. The summed E-state index contributed by atoms with van der Waals surface area (Å²) in [5.74, 6) is -1.35. The van der Waals surface area contributed by atoms with E-state index in [0.29, 0.717) is 0 Å². The molecule has 2 N–H and O–H groups in total. The van der Waals surface area contributed by atoms with Crippen LogP contribution in [0.2, 0.25) is 0 Å². The third-order valence-corrected chi connectivity index (χ3v) is 3.32. The van der Waals surface area contributed by atoms with Crippen molar-refractivity contribution in [2.45, 2.75) is 25.3 Å². The van der Waals surface area contributed by atoms with Crippen LogP contribution in [0.4, 0.5) is 10.1 Å². The highest BCUT2D eigenvalue weighted by Gasteiger charge is 2.20. The molecule has 0 aliphatic carbocycles. The third kappa shape index (κ3) is 3.51. The molecule has 1 unspecified atom stereocenters. The maximum absolute atomic E-state index is 13.6. The highest BCUT2D eigenvalue weighted by Crippen LogP contribution is 2.17. The minimum absolute atomic E-state index is 0.0313. The molecule has 1 aliphatic heterocycles. The number of rotatable bonds is 3. The van der Waals surface area contributed by atoms with Crippen LogP contribution >= 0.6 is 0 Å². The number of carbonyl (C=O) groups is 1. The quantitative estimate of drug-likeness (QED) is 0.651. The van der Waals surface area contributed by atoms with Crippen LogP contribution in [0.3, 0.4) is 0 Å². The van der Waals surface area contributed by atoms with Gasteiger partial charge in [0.1, 0.15) is 5.82 Å². The van der Waals surface area contributed by atoms with Gasteiger partial charge >= 0.3 is 0 Å². The number of amides is 1. The molecular formula is C13H16FN3O3. The number of nitrogens with one attached hydrogen (secondary N) is 2. The van der Waals surface area contributed by atoms with Gasteiger partial charge < -0.3 is 10.6 Å². The number of hydrogen-bond donors (Lipinski definition) is 2. The van der Waals surface area contributed by atoms with Crippen molar-refractivity contribution in [3.63, 3.8) is 0 Å². The molecule has 1 aromatic carbocycles. The Morgan fingerprint density at radius 2 is 2.20 bits per heavy atom. The van der Waals surface area contributed by atoms with Gasteiger partial charge in [0.25, 0.3) is 11.6 Å². The second kappa shape index (κ2) is 6.42. The molecule has 1 aliphatic rings. The molecule has 7 heteroatoms. The largest absolute Gasteiger partial charge is 0.349 e. The zero-order valence-electron chi connectivity index (χ0n) is 10.9. The summed E-state index contributed by atoms with van der Waals surface area (Å²) in [6.45, 7) is 1.69. The van der Waals surface area contributed by atoms with Crippen LogP contribution in [0.25, 0.3) is 0 Å². The van der Waals surface area contributed by atoms with Crippen LogP contribution in [-0.2, 0) is 0 Å². The molecule has 108 valence electrons. The lowest BCUT2D eigenvalue weighted by atomic mass is 10.1. The topological polar surface area (TPSA) is 84.3 Å². The van der Waals surface area contributed by atoms with Crippen molar-refractivity contribution in [2.24, 2.45) is 0 Å². The second-order valence-electron chi connectivity index (χ2n) is 4.77. The van der Waals surface area contributed by atoms with Crippen molar-refractivity contribution >= 4 is 11.6 Å². The lowest BCUT2D eigenvalue weighted by Crippen LogP contribution is -2.35. The van der Waals surface area contributed by atoms with E-state index in [2.05, 4.69) is 10.6 Å². The maximum atomic E-state index is 13.6. The normalized spacial score (nSPS) is 19.1. The first kappa shape index (κ1) is 14.4. The molecule has 20 heavy (non-hydrogen) atoms. The van der Waals surface area contributed by atoms with E-state index in [1.165, 1.54) is 0 Å². The molecule has 0 saturated carbocycles. The second-order valence-corrected chi connectivity index (χ2v) is 4.77. The monoisotopic (exact) mass is 281 g/mol. The van der Waals surface area contributed by atoms with Crippen molar-refractivity contribution in [2.75, 3.05) is 13.1 Å². The van der Waals surface area contributed by atoms with Gasteiger partial charge in [0.2, 0.25) is 0 Å². The molecule has 1 atom stereocenters. The van der Waals surface area contributed by atoms with Crippen LogP contribution in [0.15, 0.2) is 18.2 Å². The molecular weight excluding hydrogens is 265 g/mol. The Labute approximate surface area is 115 Å². The van der Waals surface area contributed by atoms with E-state index in [0.717, 1.165) is 50.6 Å². The first-order chi connectivity index (χ1) is 9.58. The van der Waals surface area contributed by atoms with Crippen molar-refractivity contribution < 1.29 is 14.1 Å². The summed E-state index contributed by atoms with van der Waals surface area (Å²) in [6, 6.07) is 2.93. The Balaban J connectivity index is 2.11. The van der Waals surface area contributed by atoms with Gasteiger partial charge in [0, 0.05) is 18.2 Å². The zero-order chi connectivity index (χ0) is 14.5. The summed E-state index contributed by atoms with van der Waals surface area (Å²) in [6.07, 6.45) is 2.51. The molecule has 1 heterocycles. The van der Waals surface area contributed by atoms with Crippen LogP contribution < -0.4 is 10.6 Å². The number of carbonyl (C=O) groups excluding carboxylic acids is 1. The maximum Gasteiger partial charge on any atom is 0.270 e. The average molecular weight is 281 g/mol. The number of non-ortho nitro benzene ring substituents is 1. The van der Waals surface area contributed by atoms with Crippen LogP contribution in [-0.4, -0.2) is 30.0 Å². The molecule has 0 bridgehead atoms. The number of nitro groups is 1. The van der Waals surface area contributed by atoms with E-state index in [1.807, 2.05) is 0 Å². The fraction of sp³-hybridized carbons (Fsp3) is 0.462. The van der Waals surface area contributed by atoms with Crippen molar-refractivity contribution in [3.8, 4) is 0 Å². The number of nitro benzene ring substituents is 1. The van der Waals surface area contributed by atoms with E-state index in [4.69, 9.17) is 0 Å². The molecule has 1 fully saturated rings. The van der Waals surface area contributed by atoms with E-state index >= 15 is 0 Å². The number of halogens is 1. The SMILES string of the molecule is O=C(NC1CCCNCC1)c1cc([N+](=O)[O-])ccc1F. The van der Waals surface area contributed by atoms with E-state index in [-0.39, 0.29) is 17.3 Å². The molecule has 0 aromatic heterocycles. The number of nitrogens with zero attached hydrogens (tertiary/aromatic N) is 1. The summed E-state index contributed by atoms with van der Waals surface area (Å²) >= 11 is 0. The molecule has 0 radical (unpaired) electrons. The predicted molar refractivity (Wildman–Crippen MR) is 71.0 cm³/mol. The highest BCUT2D eigenvalue weighted by atomic mass is 19.1. The summed E-state index contributed by atoms with van der Waals surface area (Å²) in [7, 11) is 0. The first-order valence-electron chi connectivity index (χ1n) is 6.53. The molecule has 6 nitrogen and oxygen atoms in total. The van der Waals surface area contributed by atoms with Gasteiger partial charge in [-0.25, -0.2) is 4.39 Å². The standard InChI is InChI=1S/C13H16FN3O3/c14-12-4-3-10(17(19)20)8-11(12)13(18)16-9-2-1-6-15-7-5-9/h3-4,8-9,15H,1-2,5-7H2,(H,16,18). The van der Waals surface area contributed by atoms with Gasteiger partial charge in [-0.1, -0.05) is 0 Å². The van der Waals surface area contributed by atoms with Crippen molar-refractivity contribution in [1.82, 2.24) is 10.6 Å². The minimum atomic E-state index is -0.750. The molecule has 1 amide bonds. The van der Waals surface area contributed by atoms with Gasteiger partial charge in [0.15, 0.2) is 0 Å². The molecule has 1 saturated heterocycles. The number of hydrogen-bond acceptors (Lipinski definition) is 4. The van der Waals surface area contributed by atoms with E-state index in [9.17, 15) is 19.3 Å². The van der Waals surface area contributed by atoms with E-state index in [1.54, 1.807) is 0 Å². The first-order valence-corrected chi connectivity index (χ1v) is 6.53. The zero-order valence-corrected chi connectivity index (χ0v) is 10.9. The lowest BCUT2D eigenvalue weighted by Gasteiger charge is -2.16. The molecule has 2 rings (SSSR count). The van der Waals surface area contributed by atoms with Gasteiger partial charge in [-0.15, -0.1) is 0 Å². The molecule has 1 aromatic rings. The summed E-state index contributed by atoms with van der Waals surface area (Å²) in [5, 5.41) is 16.6. The summed E-state index contributed by atoms with van der Waals surface area (Å²) in [5.41, 5.74) is -0.574. The van der Waals surface area contributed by atoms with Gasteiger partial charge in [-0.3, -0.25) is 14.9 Å². The van der Waals surface area contributed by atoms with Crippen molar-refractivity contribution in [1.29, 1.82) is 0 Å². The fourth-order valence-corrected chi connectivity index (χ4v) is 2.23. The number of benzene rings is 1. The Hall–Kier alpha value is -2.02. The molecule has 0 spiro atoms. The third-order valence-electron chi connectivity index (χ3n) is 3.32.